The molecule has 29 heavy (non-hydrogen) atoms. The third kappa shape index (κ3) is 7.38. The molecule has 9 heteroatoms. The van der Waals surface area contributed by atoms with Gasteiger partial charge >= 0.3 is 6.18 Å². The van der Waals surface area contributed by atoms with Crippen LogP contribution in [0.4, 0.5) is 19.0 Å². The highest BCUT2D eigenvalue weighted by Crippen LogP contribution is 2.39. The zero-order valence-corrected chi connectivity index (χ0v) is 17.0. The molecule has 1 heterocycles. The molecule has 164 valence electrons. The Morgan fingerprint density at radius 1 is 1.21 bits per heavy atom. The van der Waals surface area contributed by atoms with E-state index in [-0.39, 0.29) is 24.4 Å². The van der Waals surface area contributed by atoms with Crippen LogP contribution in [0.25, 0.3) is 0 Å². The number of anilines is 1. The topological polar surface area (TPSA) is 81.6 Å². The highest BCUT2D eigenvalue weighted by atomic mass is 19.4. The second-order valence-corrected chi connectivity index (χ2v) is 7.48. The van der Waals surface area contributed by atoms with Crippen LogP contribution in [0.2, 0.25) is 0 Å². The van der Waals surface area contributed by atoms with Crippen LogP contribution in [0, 0.1) is 5.41 Å². The number of hydrogen-bond acceptors (Lipinski definition) is 4. The van der Waals surface area contributed by atoms with Crippen LogP contribution in [-0.4, -0.2) is 48.8 Å². The monoisotopic (exact) mass is 415 g/mol. The summed E-state index contributed by atoms with van der Waals surface area (Å²) in [7, 11) is 0. The fourth-order valence-electron chi connectivity index (χ4n) is 3.75. The normalized spacial score (nSPS) is 17.1. The van der Waals surface area contributed by atoms with Crippen LogP contribution in [0.1, 0.15) is 51.0 Å². The third-order valence-electron chi connectivity index (χ3n) is 5.30. The zero-order valence-electron chi connectivity index (χ0n) is 17.0. The number of aromatic nitrogens is 1. The van der Waals surface area contributed by atoms with E-state index in [0.29, 0.717) is 25.6 Å². The first-order valence-electron chi connectivity index (χ1n) is 10.3. The molecule has 0 aliphatic heterocycles. The van der Waals surface area contributed by atoms with Gasteiger partial charge in [-0.25, -0.2) is 4.98 Å². The van der Waals surface area contributed by atoms with E-state index < -0.39 is 11.7 Å². The minimum absolute atomic E-state index is 0.0448. The molecule has 2 rings (SSSR count). The van der Waals surface area contributed by atoms with Gasteiger partial charge in [0.05, 0.1) is 5.56 Å². The number of guanidine groups is 1. The van der Waals surface area contributed by atoms with Crippen LogP contribution >= 0.6 is 0 Å². The van der Waals surface area contributed by atoms with E-state index in [1.807, 2.05) is 6.92 Å². The molecule has 1 aliphatic carbocycles. The van der Waals surface area contributed by atoms with Gasteiger partial charge in [-0.3, -0.25) is 4.99 Å². The second-order valence-electron chi connectivity index (χ2n) is 7.48. The number of nitrogens with zero attached hydrogens (tertiary/aromatic N) is 2. The molecule has 1 aromatic heterocycles. The molecule has 6 nitrogen and oxygen atoms in total. The first kappa shape index (κ1) is 23.3. The van der Waals surface area contributed by atoms with Gasteiger partial charge in [-0.1, -0.05) is 19.3 Å². The minimum Gasteiger partial charge on any atom is -0.396 e. The lowest BCUT2D eigenvalue weighted by Crippen LogP contribution is -2.41. The maximum Gasteiger partial charge on any atom is 0.419 e. The maximum absolute atomic E-state index is 13.0. The predicted octanol–water partition coefficient (Wildman–Crippen LogP) is 3.40. The Balaban J connectivity index is 1.90. The van der Waals surface area contributed by atoms with E-state index in [1.165, 1.54) is 18.7 Å². The summed E-state index contributed by atoms with van der Waals surface area (Å²) in [5, 5.41) is 18.5. The molecule has 1 aliphatic rings. The van der Waals surface area contributed by atoms with Gasteiger partial charge in [-0.05, 0) is 43.7 Å². The van der Waals surface area contributed by atoms with Crippen molar-refractivity contribution < 1.29 is 18.3 Å². The van der Waals surface area contributed by atoms with Gasteiger partial charge < -0.3 is 21.1 Å². The van der Waals surface area contributed by atoms with Gasteiger partial charge in [0.15, 0.2) is 5.96 Å². The van der Waals surface area contributed by atoms with Crippen LogP contribution in [0.3, 0.4) is 0 Å². The number of halogens is 3. The molecule has 0 aromatic carbocycles. The molecule has 0 atom stereocenters. The molecule has 0 amide bonds. The number of pyridine rings is 1. The summed E-state index contributed by atoms with van der Waals surface area (Å²) in [6, 6.07) is 2.29. The molecule has 1 saturated carbocycles. The number of nitrogens with one attached hydrogen (secondary N) is 3. The molecule has 0 saturated heterocycles. The van der Waals surface area contributed by atoms with Crippen molar-refractivity contribution in [3.63, 3.8) is 0 Å². The van der Waals surface area contributed by atoms with Crippen molar-refractivity contribution in [2.24, 2.45) is 10.4 Å². The van der Waals surface area contributed by atoms with Gasteiger partial charge in [0.25, 0.3) is 0 Å². The number of hydrogen-bond donors (Lipinski definition) is 4. The SMILES string of the molecule is CCNC(=NCC1(CCO)CCCCC1)NCCNc1ncccc1C(F)(F)F. The van der Waals surface area contributed by atoms with E-state index in [4.69, 9.17) is 0 Å². The van der Waals surface area contributed by atoms with Crippen LogP contribution in [0.15, 0.2) is 23.3 Å². The van der Waals surface area contributed by atoms with Crippen molar-refractivity contribution in [3.05, 3.63) is 23.9 Å². The Hall–Kier alpha value is -2.03. The van der Waals surface area contributed by atoms with Gasteiger partial charge in [0.2, 0.25) is 0 Å². The van der Waals surface area contributed by atoms with Gasteiger partial charge in [-0.2, -0.15) is 13.2 Å². The van der Waals surface area contributed by atoms with Crippen LogP contribution < -0.4 is 16.0 Å². The number of aliphatic imine (C=N–C) groups is 1. The zero-order chi connectivity index (χ0) is 21.2. The standard InChI is InChI=1S/C20H32F3N5O/c1-2-24-18(28-15-19(10-14-29)8-4-3-5-9-19)27-13-12-26-17-16(20(21,22)23)7-6-11-25-17/h6-7,11,29H,2-5,8-10,12-15H2,1H3,(H,25,26)(H2,24,27,28). The summed E-state index contributed by atoms with van der Waals surface area (Å²) in [5.41, 5.74) is -0.729. The van der Waals surface area contributed by atoms with E-state index in [9.17, 15) is 18.3 Å². The van der Waals surface area contributed by atoms with Crippen LogP contribution in [0.5, 0.6) is 0 Å². The molecule has 1 fully saturated rings. The van der Waals surface area contributed by atoms with Crippen molar-refractivity contribution in [3.8, 4) is 0 Å². The summed E-state index contributed by atoms with van der Waals surface area (Å²) in [5.74, 6) is 0.460. The largest absolute Gasteiger partial charge is 0.419 e. The average Bonchev–Trinajstić information content (AvgIpc) is 2.70. The lowest BCUT2D eigenvalue weighted by Gasteiger charge is -2.35. The Kier molecular flexibility index (Phi) is 9.00. The molecule has 4 N–H and O–H groups in total. The summed E-state index contributed by atoms with van der Waals surface area (Å²) >= 11 is 0. The number of rotatable bonds is 9. The molecule has 1 aromatic rings. The lowest BCUT2D eigenvalue weighted by atomic mass is 9.72. The van der Waals surface area contributed by atoms with Gasteiger partial charge in [0, 0.05) is 39.0 Å². The minimum atomic E-state index is -4.44. The van der Waals surface area contributed by atoms with Crippen molar-refractivity contribution in [2.75, 3.05) is 38.1 Å². The molecule has 0 radical (unpaired) electrons. The highest BCUT2D eigenvalue weighted by molar-refractivity contribution is 5.79. The quantitative estimate of drug-likeness (QED) is 0.282. The lowest BCUT2D eigenvalue weighted by molar-refractivity contribution is -0.137. The van der Waals surface area contributed by atoms with Crippen molar-refractivity contribution in [1.82, 2.24) is 15.6 Å². The fourth-order valence-corrected chi connectivity index (χ4v) is 3.75. The second kappa shape index (κ2) is 11.2. The summed E-state index contributed by atoms with van der Waals surface area (Å²) < 4.78 is 39.1. The Labute approximate surface area is 170 Å². The van der Waals surface area contributed by atoms with Crippen LogP contribution in [-0.2, 0) is 6.18 Å². The van der Waals surface area contributed by atoms with Gasteiger partial charge in [-0.15, -0.1) is 0 Å². The van der Waals surface area contributed by atoms with Crippen molar-refractivity contribution in [2.45, 2.75) is 51.6 Å². The Bertz CT molecular complexity index is 640. The Morgan fingerprint density at radius 2 is 1.97 bits per heavy atom. The molecular weight excluding hydrogens is 383 g/mol. The average molecular weight is 416 g/mol. The molecular formula is C20H32F3N5O. The van der Waals surface area contributed by atoms with E-state index >= 15 is 0 Å². The summed E-state index contributed by atoms with van der Waals surface area (Å²) in [6.45, 7) is 4.11. The van der Waals surface area contributed by atoms with E-state index in [2.05, 4.69) is 25.9 Å². The molecule has 0 spiro atoms. The predicted molar refractivity (Wildman–Crippen MR) is 109 cm³/mol. The number of alkyl halides is 3. The Morgan fingerprint density at radius 3 is 2.62 bits per heavy atom. The summed E-state index contributed by atoms with van der Waals surface area (Å²) in [6.07, 6.45) is 3.33. The molecule has 0 bridgehead atoms. The third-order valence-corrected chi connectivity index (χ3v) is 5.30. The van der Waals surface area contributed by atoms with Crippen molar-refractivity contribution in [1.29, 1.82) is 0 Å². The first-order chi connectivity index (χ1) is 13.9. The smallest absolute Gasteiger partial charge is 0.396 e. The molecule has 0 unspecified atom stereocenters. The van der Waals surface area contributed by atoms with E-state index in [0.717, 1.165) is 38.2 Å². The maximum atomic E-state index is 13.0. The number of aliphatic hydroxyl groups is 1. The highest BCUT2D eigenvalue weighted by Gasteiger charge is 2.34. The fraction of sp³-hybridized carbons (Fsp3) is 0.700. The van der Waals surface area contributed by atoms with E-state index in [1.54, 1.807) is 0 Å². The summed E-state index contributed by atoms with van der Waals surface area (Å²) in [4.78, 5) is 8.49. The van der Waals surface area contributed by atoms with Crippen molar-refractivity contribution >= 4 is 11.8 Å². The van der Waals surface area contributed by atoms with Gasteiger partial charge in [0.1, 0.15) is 5.82 Å². The first-order valence-corrected chi connectivity index (χ1v) is 10.3. The number of aliphatic hydroxyl groups excluding tert-OH is 1.